The average Bonchev–Trinajstić information content (AvgIpc) is 2.36. The fraction of sp³-hybridized carbons (Fsp3) is 0.250. The molecule has 17 heavy (non-hydrogen) atoms. The topological polar surface area (TPSA) is 41.8 Å². The predicted molar refractivity (Wildman–Crippen MR) is 60.6 cm³/mol. The number of ether oxygens (including phenoxy) is 1. The lowest BCUT2D eigenvalue weighted by Crippen LogP contribution is -2.19. The van der Waals surface area contributed by atoms with Crippen molar-refractivity contribution in [3.05, 3.63) is 48.3 Å². The van der Waals surface area contributed by atoms with Gasteiger partial charge >= 0.3 is 0 Å². The SMILES string of the molecule is C=C[C@@H](CF)OCC(=NO)c1ccccc1F. The first-order chi connectivity index (χ1) is 8.22. The van der Waals surface area contributed by atoms with Gasteiger partial charge in [-0.25, -0.2) is 8.78 Å². The van der Waals surface area contributed by atoms with E-state index < -0.39 is 18.6 Å². The molecule has 0 radical (unpaired) electrons. The standard InChI is InChI=1S/C12H13F2NO2/c1-2-9(7-13)17-8-12(15-16)10-5-3-4-6-11(10)14/h2-6,9,16H,1,7-8H2/t9-/m0/s1. The molecular weight excluding hydrogens is 228 g/mol. The van der Waals surface area contributed by atoms with Gasteiger partial charge in [0.1, 0.15) is 24.3 Å². The molecule has 0 aliphatic rings. The van der Waals surface area contributed by atoms with E-state index in [1.54, 1.807) is 6.07 Å². The first-order valence-corrected chi connectivity index (χ1v) is 4.98. The number of hydrogen-bond acceptors (Lipinski definition) is 3. The zero-order valence-corrected chi connectivity index (χ0v) is 9.14. The van der Waals surface area contributed by atoms with Crippen LogP contribution < -0.4 is 0 Å². The van der Waals surface area contributed by atoms with Gasteiger partial charge in [0, 0.05) is 5.56 Å². The third kappa shape index (κ3) is 3.64. The summed E-state index contributed by atoms with van der Waals surface area (Å²) in [5.41, 5.74) is 0.125. The molecule has 0 aromatic heterocycles. The lowest BCUT2D eigenvalue weighted by atomic mass is 10.1. The summed E-state index contributed by atoms with van der Waals surface area (Å²) < 4.78 is 30.7. The van der Waals surface area contributed by atoms with Crippen LogP contribution in [0.1, 0.15) is 5.56 Å². The van der Waals surface area contributed by atoms with E-state index in [4.69, 9.17) is 9.94 Å². The van der Waals surface area contributed by atoms with Crippen LogP contribution in [-0.2, 0) is 4.74 Å². The second kappa shape index (κ2) is 6.75. The Labute approximate surface area is 98.0 Å². The van der Waals surface area contributed by atoms with E-state index in [1.807, 2.05) is 0 Å². The first-order valence-electron chi connectivity index (χ1n) is 4.98. The molecule has 0 aliphatic carbocycles. The summed E-state index contributed by atoms with van der Waals surface area (Å²) in [5.74, 6) is -0.528. The highest BCUT2D eigenvalue weighted by molar-refractivity contribution is 6.01. The number of hydrogen-bond donors (Lipinski definition) is 1. The van der Waals surface area contributed by atoms with E-state index in [-0.39, 0.29) is 17.9 Å². The third-order valence-electron chi connectivity index (χ3n) is 2.15. The van der Waals surface area contributed by atoms with Gasteiger partial charge in [-0.15, -0.1) is 6.58 Å². The Morgan fingerprint density at radius 2 is 2.24 bits per heavy atom. The molecule has 0 saturated heterocycles. The summed E-state index contributed by atoms with van der Waals surface area (Å²) in [4.78, 5) is 0. The fourth-order valence-electron chi connectivity index (χ4n) is 1.22. The molecule has 1 rings (SSSR count). The Hall–Kier alpha value is -1.75. The van der Waals surface area contributed by atoms with E-state index in [2.05, 4.69) is 11.7 Å². The van der Waals surface area contributed by atoms with Crippen molar-refractivity contribution in [3.8, 4) is 0 Å². The molecule has 1 aromatic rings. The van der Waals surface area contributed by atoms with Crippen LogP contribution >= 0.6 is 0 Å². The number of oxime groups is 1. The molecule has 0 spiro atoms. The maximum absolute atomic E-state index is 13.4. The zero-order chi connectivity index (χ0) is 12.7. The molecule has 0 fully saturated rings. The number of rotatable bonds is 6. The summed E-state index contributed by atoms with van der Waals surface area (Å²) in [6.07, 6.45) is 0.495. The predicted octanol–water partition coefficient (Wildman–Crippen LogP) is 2.54. The van der Waals surface area contributed by atoms with Crippen LogP contribution in [0.3, 0.4) is 0 Å². The molecule has 1 atom stereocenters. The summed E-state index contributed by atoms with van der Waals surface area (Å²) in [6.45, 7) is 2.45. The van der Waals surface area contributed by atoms with Crippen molar-refractivity contribution in [3.63, 3.8) is 0 Å². The molecule has 0 saturated carbocycles. The van der Waals surface area contributed by atoms with Crippen LogP contribution in [0.25, 0.3) is 0 Å². The molecule has 0 unspecified atom stereocenters. The van der Waals surface area contributed by atoms with Crippen LogP contribution in [0.2, 0.25) is 0 Å². The summed E-state index contributed by atoms with van der Waals surface area (Å²) in [5, 5.41) is 11.7. The first kappa shape index (κ1) is 13.3. The second-order valence-electron chi connectivity index (χ2n) is 3.27. The van der Waals surface area contributed by atoms with Gasteiger partial charge in [-0.3, -0.25) is 0 Å². The van der Waals surface area contributed by atoms with Crippen molar-refractivity contribution >= 4 is 5.71 Å². The number of benzene rings is 1. The maximum atomic E-state index is 13.4. The van der Waals surface area contributed by atoms with Crippen molar-refractivity contribution in [2.45, 2.75) is 6.10 Å². The van der Waals surface area contributed by atoms with Crippen molar-refractivity contribution in [2.75, 3.05) is 13.3 Å². The van der Waals surface area contributed by atoms with Crippen molar-refractivity contribution in [1.82, 2.24) is 0 Å². The average molecular weight is 241 g/mol. The van der Waals surface area contributed by atoms with Gasteiger partial charge in [-0.05, 0) is 12.1 Å². The van der Waals surface area contributed by atoms with Crippen LogP contribution in [0.4, 0.5) is 8.78 Å². The summed E-state index contributed by atoms with van der Waals surface area (Å²) in [6, 6.07) is 5.80. The van der Waals surface area contributed by atoms with Crippen molar-refractivity contribution in [2.24, 2.45) is 5.16 Å². The summed E-state index contributed by atoms with van der Waals surface area (Å²) >= 11 is 0. The molecule has 1 aromatic carbocycles. The molecule has 92 valence electrons. The minimum atomic E-state index is -0.793. The lowest BCUT2D eigenvalue weighted by molar-refractivity contribution is 0.0944. The molecule has 0 bridgehead atoms. The van der Waals surface area contributed by atoms with E-state index in [0.717, 1.165) is 0 Å². The normalized spacial score (nSPS) is 13.4. The van der Waals surface area contributed by atoms with Gasteiger partial charge in [-0.2, -0.15) is 0 Å². The lowest BCUT2D eigenvalue weighted by Gasteiger charge is -2.11. The van der Waals surface area contributed by atoms with E-state index in [9.17, 15) is 8.78 Å². The van der Waals surface area contributed by atoms with Gasteiger partial charge in [0.05, 0.1) is 6.61 Å². The van der Waals surface area contributed by atoms with Crippen molar-refractivity contribution in [1.29, 1.82) is 0 Å². The van der Waals surface area contributed by atoms with E-state index in [0.29, 0.717) is 0 Å². The highest BCUT2D eigenvalue weighted by Gasteiger charge is 2.12. The van der Waals surface area contributed by atoms with Gasteiger partial charge < -0.3 is 9.94 Å². The van der Waals surface area contributed by atoms with Gasteiger partial charge in [0.25, 0.3) is 0 Å². The molecule has 0 aliphatic heterocycles. The smallest absolute Gasteiger partial charge is 0.132 e. The zero-order valence-electron chi connectivity index (χ0n) is 9.14. The Bertz CT molecular complexity index is 407. The molecular formula is C12H13F2NO2. The minimum absolute atomic E-state index is 0.00315. The van der Waals surface area contributed by atoms with Crippen LogP contribution in [0.15, 0.2) is 42.1 Å². The molecule has 0 heterocycles. The minimum Gasteiger partial charge on any atom is -0.411 e. The van der Waals surface area contributed by atoms with Crippen molar-refractivity contribution < 1.29 is 18.7 Å². The van der Waals surface area contributed by atoms with E-state index >= 15 is 0 Å². The maximum Gasteiger partial charge on any atom is 0.132 e. The molecule has 0 amide bonds. The fourth-order valence-corrected chi connectivity index (χ4v) is 1.22. The van der Waals surface area contributed by atoms with Crippen LogP contribution in [0.5, 0.6) is 0 Å². The van der Waals surface area contributed by atoms with Gasteiger partial charge in [0.15, 0.2) is 0 Å². The quantitative estimate of drug-likeness (QED) is 0.360. The monoisotopic (exact) mass is 241 g/mol. The van der Waals surface area contributed by atoms with Gasteiger partial charge in [0.2, 0.25) is 0 Å². The molecule has 5 heteroatoms. The largest absolute Gasteiger partial charge is 0.411 e. The Morgan fingerprint density at radius 1 is 1.53 bits per heavy atom. The highest BCUT2D eigenvalue weighted by atomic mass is 19.1. The number of nitrogens with zero attached hydrogens (tertiary/aromatic N) is 1. The Balaban J connectivity index is 2.74. The Morgan fingerprint density at radius 3 is 2.76 bits per heavy atom. The summed E-state index contributed by atoms with van der Waals surface area (Å²) in [7, 11) is 0. The third-order valence-corrected chi connectivity index (χ3v) is 2.15. The highest BCUT2D eigenvalue weighted by Crippen LogP contribution is 2.09. The molecule has 1 N–H and O–H groups in total. The Kier molecular flexibility index (Phi) is 5.29. The number of alkyl halides is 1. The number of halogens is 2. The second-order valence-corrected chi connectivity index (χ2v) is 3.27. The van der Waals surface area contributed by atoms with E-state index in [1.165, 1.54) is 24.3 Å². The molecule has 3 nitrogen and oxygen atoms in total. The van der Waals surface area contributed by atoms with Crippen LogP contribution in [0, 0.1) is 5.82 Å². The van der Waals surface area contributed by atoms with Gasteiger partial charge in [-0.1, -0.05) is 23.4 Å². The van der Waals surface area contributed by atoms with Crippen LogP contribution in [-0.4, -0.2) is 30.3 Å².